The predicted molar refractivity (Wildman–Crippen MR) is 113 cm³/mol. The first kappa shape index (κ1) is 21.4. The van der Waals surface area contributed by atoms with Crippen molar-refractivity contribution in [3.63, 3.8) is 0 Å². The number of methoxy groups -OCH3 is 1. The minimum Gasteiger partial charge on any atom is -0.480 e. The maximum atomic E-state index is 14.0. The van der Waals surface area contributed by atoms with Crippen molar-refractivity contribution in [3.8, 4) is 29.0 Å². The van der Waals surface area contributed by atoms with Crippen LogP contribution in [-0.2, 0) is 11.0 Å². The molecule has 1 atom stereocenters. The summed E-state index contributed by atoms with van der Waals surface area (Å²) < 4.78 is 49.2. The second-order valence-electron chi connectivity index (χ2n) is 6.33. The normalized spacial score (nSPS) is 11.6. The minimum atomic E-state index is -2.04. The molecule has 3 aromatic heterocycles. The van der Waals surface area contributed by atoms with Crippen LogP contribution in [0.3, 0.4) is 0 Å². The van der Waals surface area contributed by atoms with Gasteiger partial charge in [-0.05, 0) is 24.3 Å². The van der Waals surface area contributed by atoms with E-state index in [1.165, 1.54) is 24.0 Å². The largest absolute Gasteiger partial charge is 0.480 e. The first-order valence-corrected chi connectivity index (χ1v) is 10.3. The third kappa shape index (κ3) is 4.27. The fraction of sp³-hybridized carbons (Fsp3) is 0.0952. The second kappa shape index (κ2) is 9.09. The Balaban J connectivity index is 1.71. The molecule has 0 spiro atoms. The summed E-state index contributed by atoms with van der Waals surface area (Å²) in [4.78, 5) is 8.53. The Kier molecular flexibility index (Phi) is 6.07. The van der Waals surface area contributed by atoms with Crippen LogP contribution >= 0.6 is 0 Å². The minimum absolute atomic E-state index is 0.129. The van der Waals surface area contributed by atoms with E-state index in [1.807, 2.05) is 0 Å². The highest BCUT2D eigenvalue weighted by Crippen LogP contribution is 2.29. The smallest absolute Gasteiger partial charge is 0.238 e. The Morgan fingerprint density at radius 2 is 2.09 bits per heavy atom. The quantitative estimate of drug-likeness (QED) is 0.449. The van der Waals surface area contributed by atoms with Crippen molar-refractivity contribution >= 4 is 22.3 Å². The first-order valence-electron chi connectivity index (χ1n) is 9.12. The lowest BCUT2D eigenvalue weighted by Crippen LogP contribution is -2.09. The summed E-state index contributed by atoms with van der Waals surface area (Å²) >= 11 is 0. The van der Waals surface area contributed by atoms with E-state index in [2.05, 4.69) is 31.6 Å². The number of nitrogens with zero attached hydrogens (tertiary/aromatic N) is 4. The van der Waals surface area contributed by atoms with Crippen molar-refractivity contribution in [1.29, 1.82) is 0 Å². The van der Waals surface area contributed by atoms with E-state index in [0.29, 0.717) is 28.5 Å². The first-order chi connectivity index (χ1) is 15.5. The van der Waals surface area contributed by atoms with Crippen LogP contribution in [-0.4, -0.2) is 42.6 Å². The Bertz CT molecular complexity index is 1400. The maximum absolute atomic E-state index is 14.0. The summed E-state index contributed by atoms with van der Waals surface area (Å²) in [5.41, 5.74) is 2.30. The van der Waals surface area contributed by atoms with Crippen molar-refractivity contribution in [3.05, 3.63) is 66.1 Å². The fourth-order valence-electron chi connectivity index (χ4n) is 2.86. The number of aliphatic hydroxyl groups is 1. The Labute approximate surface area is 183 Å². The summed E-state index contributed by atoms with van der Waals surface area (Å²) in [6, 6.07) is 6.07. The van der Waals surface area contributed by atoms with Gasteiger partial charge in [0.1, 0.15) is 23.9 Å². The summed E-state index contributed by atoms with van der Waals surface area (Å²) in [7, 11) is -0.656. The zero-order chi connectivity index (χ0) is 22.7. The van der Waals surface area contributed by atoms with Crippen LogP contribution in [0, 0.1) is 23.5 Å². The van der Waals surface area contributed by atoms with Gasteiger partial charge in [0.15, 0.2) is 16.6 Å². The number of aromatic nitrogens is 4. The van der Waals surface area contributed by atoms with Crippen molar-refractivity contribution in [2.45, 2.75) is 4.90 Å². The van der Waals surface area contributed by atoms with Gasteiger partial charge < -0.3 is 9.84 Å². The molecule has 4 aromatic rings. The van der Waals surface area contributed by atoms with Crippen LogP contribution in [0.2, 0.25) is 0 Å². The number of ether oxygens (including phenoxy) is 1. The highest BCUT2D eigenvalue weighted by atomic mass is 32.2. The SMILES string of the molecule is COc1ncc(-c2ccn3ncc(C#CCO)c3n2)cc1NS(=O)c1ccc(F)cc1F. The molecule has 0 bridgehead atoms. The molecular weight excluding hydrogens is 440 g/mol. The van der Waals surface area contributed by atoms with E-state index < -0.39 is 22.6 Å². The highest BCUT2D eigenvalue weighted by Gasteiger charge is 2.16. The maximum Gasteiger partial charge on any atom is 0.238 e. The van der Waals surface area contributed by atoms with E-state index >= 15 is 0 Å². The average molecular weight is 455 g/mol. The van der Waals surface area contributed by atoms with E-state index in [-0.39, 0.29) is 23.1 Å². The van der Waals surface area contributed by atoms with Gasteiger partial charge in [0.2, 0.25) is 5.88 Å². The van der Waals surface area contributed by atoms with Crippen molar-refractivity contribution in [2.75, 3.05) is 18.4 Å². The van der Waals surface area contributed by atoms with E-state index in [9.17, 15) is 13.0 Å². The number of aliphatic hydroxyl groups excluding tert-OH is 1. The van der Waals surface area contributed by atoms with Gasteiger partial charge in [0, 0.05) is 24.0 Å². The van der Waals surface area contributed by atoms with Crippen molar-refractivity contribution in [2.24, 2.45) is 0 Å². The molecule has 0 aliphatic heterocycles. The number of rotatable bonds is 5. The van der Waals surface area contributed by atoms with E-state index in [4.69, 9.17) is 9.84 Å². The van der Waals surface area contributed by atoms with Gasteiger partial charge in [-0.25, -0.2) is 27.5 Å². The van der Waals surface area contributed by atoms with Gasteiger partial charge in [-0.15, -0.1) is 0 Å². The lowest BCUT2D eigenvalue weighted by atomic mass is 10.2. The molecule has 0 saturated carbocycles. The van der Waals surface area contributed by atoms with Crippen LogP contribution < -0.4 is 9.46 Å². The molecule has 4 rings (SSSR count). The van der Waals surface area contributed by atoms with Gasteiger partial charge >= 0.3 is 0 Å². The summed E-state index contributed by atoms with van der Waals surface area (Å²) in [6.07, 6.45) is 4.74. The van der Waals surface area contributed by atoms with Gasteiger partial charge in [0.05, 0.1) is 29.5 Å². The molecule has 2 N–H and O–H groups in total. The zero-order valence-corrected chi connectivity index (χ0v) is 17.4. The topological polar surface area (TPSA) is 102 Å². The molecule has 3 heterocycles. The zero-order valence-electron chi connectivity index (χ0n) is 16.5. The lowest BCUT2D eigenvalue weighted by molar-refractivity contribution is 0.350. The van der Waals surface area contributed by atoms with Crippen molar-refractivity contribution < 1.29 is 22.8 Å². The number of nitrogens with one attached hydrogen (secondary N) is 1. The molecule has 0 amide bonds. The highest BCUT2D eigenvalue weighted by molar-refractivity contribution is 7.86. The van der Waals surface area contributed by atoms with E-state index in [0.717, 1.165) is 12.1 Å². The standard InChI is InChI=1S/C21H15F2N5O3S/c1-31-21-18(27-32(30)19-5-4-15(22)10-16(19)23)9-14(11-24-21)17-6-7-28-20(26-17)13(12-25-28)3-2-8-29/h4-7,9-12,27,29H,8H2,1H3. The van der Waals surface area contributed by atoms with Gasteiger partial charge in [0.25, 0.3) is 0 Å². The van der Waals surface area contributed by atoms with Crippen LogP contribution in [0.4, 0.5) is 14.5 Å². The fourth-order valence-corrected chi connectivity index (χ4v) is 3.74. The number of benzene rings is 1. The molecule has 0 saturated heterocycles. The number of hydrogen-bond acceptors (Lipinski definition) is 6. The lowest BCUT2D eigenvalue weighted by Gasteiger charge is -2.12. The molecule has 0 radical (unpaired) electrons. The molecule has 162 valence electrons. The number of halogens is 2. The molecule has 0 aliphatic carbocycles. The van der Waals surface area contributed by atoms with Gasteiger partial charge in [-0.1, -0.05) is 11.8 Å². The van der Waals surface area contributed by atoms with E-state index in [1.54, 1.807) is 18.3 Å². The van der Waals surface area contributed by atoms with Crippen LogP contribution in [0.5, 0.6) is 5.88 Å². The Hall–Kier alpha value is -3.88. The molecule has 1 aromatic carbocycles. The molecule has 0 fully saturated rings. The third-order valence-corrected chi connectivity index (χ3v) is 5.44. The number of anilines is 1. The molecular formula is C21H15F2N5O3S. The molecule has 32 heavy (non-hydrogen) atoms. The summed E-state index contributed by atoms with van der Waals surface area (Å²) in [5, 5.41) is 13.1. The summed E-state index contributed by atoms with van der Waals surface area (Å²) in [5.74, 6) is 3.76. The average Bonchev–Trinajstić information content (AvgIpc) is 3.19. The monoisotopic (exact) mass is 455 g/mol. The number of hydrogen-bond donors (Lipinski definition) is 2. The molecule has 11 heteroatoms. The van der Waals surface area contributed by atoms with Crippen LogP contribution in [0.15, 0.2) is 53.8 Å². The van der Waals surface area contributed by atoms with Crippen molar-refractivity contribution in [1.82, 2.24) is 19.6 Å². The Morgan fingerprint density at radius 1 is 1.25 bits per heavy atom. The number of fused-ring (bicyclic) bond motifs is 1. The van der Waals surface area contributed by atoms with Crippen LogP contribution in [0.25, 0.3) is 16.9 Å². The second-order valence-corrected chi connectivity index (χ2v) is 7.51. The predicted octanol–water partition coefficient (Wildman–Crippen LogP) is 2.56. The molecule has 0 aliphatic rings. The third-order valence-electron chi connectivity index (χ3n) is 4.31. The number of pyridine rings is 1. The van der Waals surface area contributed by atoms with Gasteiger partial charge in [-0.2, -0.15) is 5.10 Å². The molecule has 8 nitrogen and oxygen atoms in total. The Morgan fingerprint density at radius 3 is 2.84 bits per heavy atom. The van der Waals surface area contributed by atoms with Crippen LogP contribution in [0.1, 0.15) is 5.56 Å². The summed E-state index contributed by atoms with van der Waals surface area (Å²) in [6.45, 7) is -0.291. The molecule has 1 unspecified atom stereocenters. The van der Waals surface area contributed by atoms with Gasteiger partial charge in [-0.3, -0.25) is 4.72 Å².